The number of morpholine rings is 1. The third-order valence-electron chi connectivity index (χ3n) is 3.99. The van der Waals surface area contributed by atoms with Gasteiger partial charge in [-0.2, -0.15) is 5.26 Å². The first-order chi connectivity index (χ1) is 9.86. The zero-order valence-corrected chi connectivity index (χ0v) is 11.5. The number of ether oxygens (including phenoxy) is 1. The number of aromatic nitrogens is 2. The minimum atomic E-state index is 0.430. The number of nitriles is 1. The van der Waals surface area contributed by atoms with Crippen LogP contribution in [0.3, 0.4) is 0 Å². The quantitative estimate of drug-likeness (QED) is 0.799. The maximum Gasteiger partial charge on any atom is 0.183 e. The molecule has 106 valence electrons. The Labute approximate surface area is 119 Å². The summed E-state index contributed by atoms with van der Waals surface area (Å²) in [6.45, 7) is 6.80. The summed E-state index contributed by atoms with van der Waals surface area (Å²) >= 11 is 0. The van der Waals surface area contributed by atoms with Crippen LogP contribution >= 0.6 is 0 Å². The highest BCUT2D eigenvalue weighted by atomic mass is 16.5. The van der Waals surface area contributed by atoms with E-state index in [9.17, 15) is 0 Å². The Balaban J connectivity index is 1.60. The summed E-state index contributed by atoms with van der Waals surface area (Å²) in [5.74, 6) is 1.38. The van der Waals surface area contributed by atoms with Gasteiger partial charge in [0.25, 0.3) is 0 Å². The van der Waals surface area contributed by atoms with E-state index < -0.39 is 0 Å². The topological polar surface area (TPSA) is 65.3 Å². The molecule has 0 spiro atoms. The molecule has 1 aromatic heterocycles. The Kier molecular flexibility index (Phi) is 4.09. The molecule has 1 atom stereocenters. The van der Waals surface area contributed by atoms with E-state index in [1.54, 1.807) is 12.4 Å². The third kappa shape index (κ3) is 2.89. The Morgan fingerprint density at radius 3 is 2.85 bits per heavy atom. The van der Waals surface area contributed by atoms with E-state index in [1.165, 1.54) is 0 Å². The Hall–Kier alpha value is -1.71. The van der Waals surface area contributed by atoms with Crippen LogP contribution in [0.1, 0.15) is 12.1 Å². The number of anilines is 1. The van der Waals surface area contributed by atoms with Crippen molar-refractivity contribution in [3.8, 4) is 6.07 Å². The van der Waals surface area contributed by atoms with Crippen molar-refractivity contribution in [2.24, 2.45) is 5.92 Å². The van der Waals surface area contributed by atoms with Crippen LogP contribution < -0.4 is 4.90 Å². The molecule has 0 aromatic carbocycles. The average molecular weight is 273 g/mol. The molecule has 0 saturated carbocycles. The van der Waals surface area contributed by atoms with Gasteiger partial charge < -0.3 is 9.64 Å². The molecule has 2 aliphatic rings. The van der Waals surface area contributed by atoms with E-state index in [1.807, 2.05) is 0 Å². The number of rotatable bonds is 3. The van der Waals surface area contributed by atoms with Gasteiger partial charge in [0.2, 0.25) is 0 Å². The number of nitrogens with zero attached hydrogens (tertiary/aromatic N) is 5. The molecule has 3 rings (SSSR count). The molecule has 2 aliphatic heterocycles. The molecule has 0 aliphatic carbocycles. The minimum absolute atomic E-state index is 0.430. The van der Waals surface area contributed by atoms with Crippen LogP contribution in [0.2, 0.25) is 0 Å². The lowest BCUT2D eigenvalue weighted by atomic mass is 10.1. The van der Waals surface area contributed by atoms with Crippen molar-refractivity contribution < 1.29 is 4.74 Å². The monoisotopic (exact) mass is 273 g/mol. The summed E-state index contributed by atoms with van der Waals surface area (Å²) in [7, 11) is 0. The van der Waals surface area contributed by atoms with Crippen LogP contribution in [0, 0.1) is 17.2 Å². The lowest BCUT2D eigenvalue weighted by Gasteiger charge is -2.29. The van der Waals surface area contributed by atoms with Crippen LogP contribution in [0.25, 0.3) is 0 Å². The fraction of sp³-hybridized carbons (Fsp3) is 0.643. The van der Waals surface area contributed by atoms with Crippen molar-refractivity contribution in [3.05, 3.63) is 18.1 Å². The second kappa shape index (κ2) is 6.16. The van der Waals surface area contributed by atoms with Gasteiger partial charge in [-0.25, -0.2) is 9.97 Å². The highest BCUT2D eigenvalue weighted by molar-refractivity contribution is 5.50. The molecule has 0 unspecified atom stereocenters. The van der Waals surface area contributed by atoms with E-state index in [4.69, 9.17) is 10.00 Å². The predicted octanol–water partition coefficient (Wildman–Crippen LogP) is 0.507. The van der Waals surface area contributed by atoms with Crippen molar-refractivity contribution >= 4 is 5.82 Å². The van der Waals surface area contributed by atoms with Gasteiger partial charge in [0.05, 0.1) is 13.2 Å². The van der Waals surface area contributed by atoms with Crippen molar-refractivity contribution in [2.45, 2.75) is 6.42 Å². The van der Waals surface area contributed by atoms with Gasteiger partial charge in [0.15, 0.2) is 11.5 Å². The first-order valence-corrected chi connectivity index (χ1v) is 7.13. The molecule has 3 heterocycles. The zero-order chi connectivity index (χ0) is 13.8. The van der Waals surface area contributed by atoms with E-state index in [2.05, 4.69) is 25.8 Å². The van der Waals surface area contributed by atoms with Crippen molar-refractivity contribution in [2.75, 3.05) is 50.8 Å². The molecule has 6 heteroatoms. The molecule has 20 heavy (non-hydrogen) atoms. The number of hydrogen-bond acceptors (Lipinski definition) is 6. The van der Waals surface area contributed by atoms with Crippen molar-refractivity contribution in [1.29, 1.82) is 5.26 Å². The zero-order valence-electron chi connectivity index (χ0n) is 11.5. The molecule has 2 saturated heterocycles. The lowest BCUT2D eigenvalue weighted by molar-refractivity contribution is 0.0320. The van der Waals surface area contributed by atoms with Crippen LogP contribution in [0.15, 0.2) is 12.4 Å². The summed E-state index contributed by atoms with van der Waals surface area (Å²) in [6, 6.07) is 2.13. The van der Waals surface area contributed by atoms with E-state index in [0.717, 1.165) is 58.2 Å². The summed E-state index contributed by atoms with van der Waals surface area (Å²) in [5.41, 5.74) is 0.430. The molecule has 6 nitrogen and oxygen atoms in total. The van der Waals surface area contributed by atoms with E-state index >= 15 is 0 Å². The van der Waals surface area contributed by atoms with Gasteiger partial charge in [0.1, 0.15) is 6.07 Å². The molecule has 0 bridgehead atoms. The molecule has 0 N–H and O–H groups in total. The number of hydrogen-bond donors (Lipinski definition) is 0. The predicted molar refractivity (Wildman–Crippen MR) is 74.3 cm³/mol. The largest absolute Gasteiger partial charge is 0.379 e. The maximum absolute atomic E-state index is 9.10. The van der Waals surface area contributed by atoms with Gasteiger partial charge in [-0.3, -0.25) is 4.90 Å². The van der Waals surface area contributed by atoms with E-state index in [-0.39, 0.29) is 0 Å². The minimum Gasteiger partial charge on any atom is -0.379 e. The lowest BCUT2D eigenvalue weighted by Crippen LogP contribution is -2.40. The second-order valence-electron chi connectivity index (χ2n) is 5.35. The molecular formula is C14H19N5O. The smallest absolute Gasteiger partial charge is 0.183 e. The van der Waals surface area contributed by atoms with Gasteiger partial charge in [-0.1, -0.05) is 0 Å². The molecule has 0 radical (unpaired) electrons. The first-order valence-electron chi connectivity index (χ1n) is 7.13. The Morgan fingerprint density at radius 1 is 1.25 bits per heavy atom. The van der Waals surface area contributed by atoms with Crippen LogP contribution in [0.4, 0.5) is 5.82 Å². The summed E-state index contributed by atoms with van der Waals surface area (Å²) < 4.78 is 5.38. The van der Waals surface area contributed by atoms with Gasteiger partial charge in [-0.15, -0.1) is 0 Å². The highest BCUT2D eigenvalue weighted by Gasteiger charge is 2.27. The van der Waals surface area contributed by atoms with Crippen molar-refractivity contribution in [1.82, 2.24) is 14.9 Å². The Bertz CT molecular complexity index is 495. The Morgan fingerprint density at radius 2 is 2.05 bits per heavy atom. The van der Waals surface area contributed by atoms with Gasteiger partial charge in [-0.05, 0) is 12.3 Å². The average Bonchev–Trinajstić information content (AvgIpc) is 2.96. The van der Waals surface area contributed by atoms with Crippen molar-refractivity contribution in [3.63, 3.8) is 0 Å². The second-order valence-corrected chi connectivity index (χ2v) is 5.35. The fourth-order valence-electron chi connectivity index (χ4n) is 2.96. The molecule has 1 aromatic rings. The van der Waals surface area contributed by atoms with Gasteiger partial charge >= 0.3 is 0 Å². The SMILES string of the molecule is N#Cc1nccnc1N1CC[C@H](CN2CCOCC2)C1. The molecule has 0 amide bonds. The first kappa shape index (κ1) is 13.3. The summed E-state index contributed by atoms with van der Waals surface area (Å²) in [5, 5.41) is 9.10. The van der Waals surface area contributed by atoms with E-state index in [0.29, 0.717) is 11.6 Å². The van der Waals surface area contributed by atoms with Crippen LogP contribution in [-0.4, -0.2) is 60.8 Å². The summed E-state index contributed by atoms with van der Waals surface area (Å²) in [4.78, 5) is 13.1. The summed E-state index contributed by atoms with van der Waals surface area (Å²) in [6.07, 6.45) is 4.38. The van der Waals surface area contributed by atoms with Crippen LogP contribution in [0.5, 0.6) is 0 Å². The highest BCUT2D eigenvalue weighted by Crippen LogP contribution is 2.24. The van der Waals surface area contributed by atoms with Crippen LogP contribution in [-0.2, 0) is 4.74 Å². The normalized spacial score (nSPS) is 23.8. The standard InChI is InChI=1S/C14H19N5O/c15-9-13-14(17-3-2-16-13)19-4-1-12(11-19)10-18-5-7-20-8-6-18/h2-3,12H,1,4-8,10-11H2/t12-/m1/s1. The third-order valence-corrected chi connectivity index (χ3v) is 3.99. The maximum atomic E-state index is 9.10. The fourth-order valence-corrected chi connectivity index (χ4v) is 2.96. The molecule has 2 fully saturated rings. The molecular weight excluding hydrogens is 254 g/mol. The van der Waals surface area contributed by atoms with Gasteiger partial charge in [0, 0.05) is 45.1 Å².